The third-order valence-electron chi connectivity index (χ3n) is 6.65. The first-order chi connectivity index (χ1) is 10.2. The van der Waals surface area contributed by atoms with Gasteiger partial charge in [-0.1, -0.05) is 18.6 Å². The van der Waals surface area contributed by atoms with Crippen LogP contribution >= 0.6 is 0 Å². The van der Waals surface area contributed by atoms with Crippen molar-refractivity contribution in [1.82, 2.24) is 0 Å². The van der Waals surface area contributed by atoms with Crippen LogP contribution in [0.1, 0.15) is 50.5 Å². The zero-order chi connectivity index (χ0) is 14.0. The molecule has 1 N–H and O–H groups in total. The van der Waals surface area contributed by atoms with Crippen molar-refractivity contribution in [2.75, 3.05) is 0 Å². The summed E-state index contributed by atoms with van der Waals surface area (Å²) in [6.45, 7) is 0. The van der Waals surface area contributed by atoms with Gasteiger partial charge in [0.15, 0.2) is 0 Å². The monoisotopic (exact) mass is 284 g/mol. The summed E-state index contributed by atoms with van der Waals surface area (Å²) in [7, 11) is 0. The Kier molecular flexibility index (Phi) is 2.54. The Balaban J connectivity index is 1.46. The lowest BCUT2D eigenvalue weighted by Gasteiger charge is -2.39. The van der Waals surface area contributed by atoms with Gasteiger partial charge in [-0.15, -0.1) is 0 Å². The summed E-state index contributed by atoms with van der Waals surface area (Å²) >= 11 is 0. The summed E-state index contributed by atoms with van der Waals surface area (Å²) in [5.41, 5.74) is 0.525. The minimum atomic E-state index is -0.584. The molecule has 5 atom stereocenters. The Hall–Kier alpha value is -1.02. The lowest BCUT2D eigenvalue weighted by molar-refractivity contribution is -0.0514. The second-order valence-corrected chi connectivity index (χ2v) is 7.83. The highest BCUT2D eigenvalue weighted by molar-refractivity contribution is 5.35. The lowest BCUT2D eigenvalue weighted by atomic mass is 9.70. The van der Waals surface area contributed by atoms with E-state index >= 15 is 0 Å². The molecule has 0 saturated heterocycles. The number of fused-ring (bicyclic) bond motifs is 5. The van der Waals surface area contributed by atoms with E-state index in [4.69, 9.17) is 4.74 Å². The minimum absolute atomic E-state index is 0.425. The molecule has 1 aromatic carbocycles. The second kappa shape index (κ2) is 4.25. The predicted octanol–water partition coefficient (Wildman–Crippen LogP) is 3.87. The molecule has 21 heavy (non-hydrogen) atoms. The topological polar surface area (TPSA) is 29.5 Å². The van der Waals surface area contributed by atoms with Crippen molar-refractivity contribution >= 4 is 0 Å². The van der Waals surface area contributed by atoms with E-state index in [0.29, 0.717) is 12.0 Å². The number of benzene rings is 1. The fourth-order valence-corrected chi connectivity index (χ4v) is 5.66. The van der Waals surface area contributed by atoms with Gasteiger partial charge in [-0.2, -0.15) is 0 Å². The van der Waals surface area contributed by atoms with Gasteiger partial charge < -0.3 is 9.84 Å². The third-order valence-corrected chi connectivity index (χ3v) is 6.65. The van der Waals surface area contributed by atoms with E-state index < -0.39 is 5.60 Å². The van der Waals surface area contributed by atoms with Crippen molar-refractivity contribution in [1.29, 1.82) is 0 Å². The van der Waals surface area contributed by atoms with Crippen molar-refractivity contribution in [3.8, 4) is 5.75 Å². The molecule has 0 spiro atoms. The molecule has 2 heteroatoms. The van der Waals surface area contributed by atoms with Crippen LogP contribution in [0.3, 0.4) is 0 Å². The maximum absolute atomic E-state index is 11.4. The molecule has 0 amide bonds. The molecule has 2 nitrogen and oxygen atoms in total. The maximum Gasteiger partial charge on any atom is 0.120 e. The Morgan fingerprint density at radius 3 is 2.81 bits per heavy atom. The molecule has 2 bridgehead atoms. The predicted molar refractivity (Wildman–Crippen MR) is 81.0 cm³/mol. The van der Waals surface area contributed by atoms with Crippen LogP contribution < -0.4 is 4.74 Å². The van der Waals surface area contributed by atoms with Gasteiger partial charge in [0.2, 0.25) is 0 Å². The van der Waals surface area contributed by atoms with Crippen LogP contribution in [0.2, 0.25) is 0 Å². The summed E-state index contributed by atoms with van der Waals surface area (Å²) in [5, 5.41) is 11.4. The Bertz CT molecular complexity index is 564. The van der Waals surface area contributed by atoms with Gasteiger partial charge in [0.25, 0.3) is 0 Å². The Morgan fingerprint density at radius 2 is 1.95 bits per heavy atom. The molecular weight excluding hydrogens is 260 g/mol. The van der Waals surface area contributed by atoms with Crippen molar-refractivity contribution in [3.05, 3.63) is 29.8 Å². The van der Waals surface area contributed by atoms with E-state index in [2.05, 4.69) is 18.2 Å². The van der Waals surface area contributed by atoms with Crippen LogP contribution in [0, 0.1) is 23.7 Å². The molecule has 4 aliphatic rings. The SMILES string of the molecule is OC1(c2cccc(OC3CC3)c2)CC2CC1C1CCCC21. The van der Waals surface area contributed by atoms with E-state index in [9.17, 15) is 5.11 Å². The van der Waals surface area contributed by atoms with Crippen molar-refractivity contribution < 1.29 is 9.84 Å². The van der Waals surface area contributed by atoms with E-state index in [-0.39, 0.29) is 0 Å². The van der Waals surface area contributed by atoms with E-state index in [1.807, 2.05) is 6.07 Å². The van der Waals surface area contributed by atoms with Crippen molar-refractivity contribution in [2.24, 2.45) is 23.7 Å². The zero-order valence-electron chi connectivity index (χ0n) is 12.5. The van der Waals surface area contributed by atoms with Crippen LogP contribution in [0.15, 0.2) is 24.3 Å². The molecule has 5 unspecified atom stereocenters. The van der Waals surface area contributed by atoms with Crippen molar-refractivity contribution in [3.63, 3.8) is 0 Å². The van der Waals surface area contributed by atoms with Gasteiger partial charge in [0.1, 0.15) is 5.75 Å². The molecule has 0 aromatic heterocycles. The average Bonchev–Trinajstić information content (AvgIpc) is 2.93. The highest BCUT2D eigenvalue weighted by Crippen LogP contribution is 2.65. The molecule has 0 radical (unpaired) electrons. The summed E-state index contributed by atoms with van der Waals surface area (Å²) in [6, 6.07) is 8.33. The van der Waals surface area contributed by atoms with Gasteiger partial charge in [-0.3, -0.25) is 0 Å². The molecule has 4 fully saturated rings. The maximum atomic E-state index is 11.4. The highest BCUT2D eigenvalue weighted by atomic mass is 16.5. The second-order valence-electron chi connectivity index (χ2n) is 7.83. The molecule has 0 aliphatic heterocycles. The zero-order valence-corrected chi connectivity index (χ0v) is 12.5. The molecule has 4 aliphatic carbocycles. The van der Waals surface area contributed by atoms with Crippen LogP contribution in [0.5, 0.6) is 5.75 Å². The summed E-state index contributed by atoms with van der Waals surface area (Å²) in [6.07, 6.45) is 9.15. The summed E-state index contributed by atoms with van der Waals surface area (Å²) in [5.74, 6) is 3.91. The lowest BCUT2D eigenvalue weighted by Crippen LogP contribution is -2.38. The van der Waals surface area contributed by atoms with Crippen LogP contribution in [0.4, 0.5) is 0 Å². The number of hydrogen-bond acceptors (Lipinski definition) is 2. The van der Waals surface area contributed by atoms with Gasteiger partial charge in [0, 0.05) is 0 Å². The van der Waals surface area contributed by atoms with E-state index in [1.165, 1.54) is 38.5 Å². The number of rotatable bonds is 3. The normalized spacial score (nSPS) is 44.0. The number of aliphatic hydroxyl groups is 1. The Labute approximate surface area is 126 Å². The first-order valence-corrected chi connectivity index (χ1v) is 8.73. The Morgan fingerprint density at radius 1 is 1.10 bits per heavy atom. The van der Waals surface area contributed by atoms with Crippen LogP contribution in [-0.2, 0) is 5.60 Å². The molecular formula is C19H24O2. The quantitative estimate of drug-likeness (QED) is 0.913. The van der Waals surface area contributed by atoms with Crippen molar-refractivity contribution in [2.45, 2.75) is 56.7 Å². The smallest absolute Gasteiger partial charge is 0.120 e. The fourth-order valence-electron chi connectivity index (χ4n) is 5.66. The molecule has 5 rings (SSSR count). The third kappa shape index (κ3) is 1.81. The summed E-state index contributed by atoms with van der Waals surface area (Å²) in [4.78, 5) is 0. The minimum Gasteiger partial charge on any atom is -0.490 e. The molecule has 4 saturated carbocycles. The van der Waals surface area contributed by atoms with Crippen LogP contribution in [0.25, 0.3) is 0 Å². The molecule has 112 valence electrons. The molecule has 1 aromatic rings. The van der Waals surface area contributed by atoms with Gasteiger partial charge in [-0.05, 0) is 79.9 Å². The summed E-state index contributed by atoms with van der Waals surface area (Å²) < 4.78 is 5.93. The standard InChI is InChI=1S/C19H24O2/c20-19(11-12-9-18(19)17-6-2-5-16(12)17)13-3-1-4-15(10-13)21-14-7-8-14/h1,3-4,10,12,14,16-18,20H,2,5-9,11H2. The van der Waals surface area contributed by atoms with Gasteiger partial charge >= 0.3 is 0 Å². The van der Waals surface area contributed by atoms with Gasteiger partial charge in [-0.25, -0.2) is 0 Å². The van der Waals surface area contributed by atoms with Crippen LogP contribution in [-0.4, -0.2) is 11.2 Å². The average molecular weight is 284 g/mol. The van der Waals surface area contributed by atoms with E-state index in [1.54, 1.807) is 0 Å². The largest absolute Gasteiger partial charge is 0.490 e. The van der Waals surface area contributed by atoms with Gasteiger partial charge in [0.05, 0.1) is 11.7 Å². The first-order valence-electron chi connectivity index (χ1n) is 8.73. The highest BCUT2D eigenvalue weighted by Gasteiger charge is 2.60. The van der Waals surface area contributed by atoms with E-state index in [0.717, 1.165) is 35.5 Å². The number of ether oxygens (including phenoxy) is 1. The first kappa shape index (κ1) is 12.5. The molecule has 0 heterocycles. The fraction of sp³-hybridized carbons (Fsp3) is 0.684. The number of hydrogen-bond donors (Lipinski definition) is 1.